The summed E-state index contributed by atoms with van der Waals surface area (Å²) in [6, 6.07) is 7.65. The Morgan fingerprint density at radius 1 is 1.35 bits per heavy atom. The van der Waals surface area contributed by atoms with Gasteiger partial charge < -0.3 is 10.3 Å². The van der Waals surface area contributed by atoms with Gasteiger partial charge in [-0.3, -0.25) is 4.79 Å². The van der Waals surface area contributed by atoms with Gasteiger partial charge in [0.15, 0.2) is 0 Å². The fraction of sp³-hybridized carbons (Fsp3) is 0.200. The quantitative estimate of drug-likeness (QED) is 0.776. The fourth-order valence-electron chi connectivity index (χ4n) is 2.19. The van der Waals surface area contributed by atoms with Crippen LogP contribution in [-0.4, -0.2) is 15.9 Å². The molecule has 3 rings (SSSR count). The Hall–Kier alpha value is -2.14. The maximum Gasteiger partial charge on any atom is 0.251 e. The first-order chi connectivity index (χ1) is 9.63. The van der Waals surface area contributed by atoms with Crippen molar-refractivity contribution in [1.82, 2.24) is 15.3 Å². The van der Waals surface area contributed by atoms with Crippen LogP contribution in [0, 0.1) is 13.8 Å². The summed E-state index contributed by atoms with van der Waals surface area (Å²) < 4.78 is 0. The van der Waals surface area contributed by atoms with E-state index in [1.54, 1.807) is 11.3 Å². The molecule has 0 atom stereocenters. The molecule has 4 nitrogen and oxygen atoms in total. The van der Waals surface area contributed by atoms with Crippen molar-refractivity contribution in [1.29, 1.82) is 0 Å². The van der Waals surface area contributed by atoms with Crippen molar-refractivity contribution in [2.24, 2.45) is 0 Å². The van der Waals surface area contributed by atoms with Gasteiger partial charge in [-0.1, -0.05) is 6.07 Å². The fourth-order valence-corrected chi connectivity index (χ4v) is 3.07. The Morgan fingerprint density at radius 2 is 2.20 bits per heavy atom. The number of carbonyl (C=O) groups is 1. The van der Waals surface area contributed by atoms with Crippen LogP contribution in [0.1, 0.15) is 25.9 Å². The van der Waals surface area contributed by atoms with Gasteiger partial charge in [0.2, 0.25) is 0 Å². The van der Waals surface area contributed by atoms with E-state index >= 15 is 0 Å². The van der Waals surface area contributed by atoms with Crippen LogP contribution in [0.15, 0.2) is 30.5 Å². The van der Waals surface area contributed by atoms with Crippen LogP contribution in [0.5, 0.6) is 0 Å². The van der Waals surface area contributed by atoms with Crippen LogP contribution in [0.2, 0.25) is 0 Å². The highest BCUT2D eigenvalue weighted by atomic mass is 32.1. The molecule has 5 heteroatoms. The normalized spacial score (nSPS) is 10.9. The lowest BCUT2D eigenvalue weighted by atomic mass is 10.1. The lowest BCUT2D eigenvalue weighted by molar-refractivity contribution is 0.0951. The molecule has 0 aliphatic rings. The molecule has 0 saturated carbocycles. The zero-order valence-electron chi connectivity index (χ0n) is 11.4. The molecular formula is C15H15N3OS. The number of hydrogen-bond acceptors (Lipinski definition) is 3. The molecule has 0 unspecified atom stereocenters. The Kier molecular flexibility index (Phi) is 3.28. The molecule has 1 aromatic carbocycles. The number of benzene rings is 1. The average Bonchev–Trinajstić information content (AvgIpc) is 3.01. The predicted molar refractivity (Wildman–Crippen MR) is 81.1 cm³/mol. The number of aromatic amines is 1. The smallest absolute Gasteiger partial charge is 0.251 e. The number of carbonyl (C=O) groups excluding carboxylic acids is 1. The Bertz CT molecular complexity index is 772. The summed E-state index contributed by atoms with van der Waals surface area (Å²) in [5, 5.41) is 5.08. The number of fused-ring (bicyclic) bond motifs is 1. The van der Waals surface area contributed by atoms with E-state index < -0.39 is 0 Å². The number of nitrogens with zero attached hydrogens (tertiary/aromatic N) is 1. The lowest BCUT2D eigenvalue weighted by Gasteiger charge is -2.04. The van der Waals surface area contributed by atoms with Crippen LogP contribution in [-0.2, 0) is 6.54 Å². The van der Waals surface area contributed by atoms with E-state index in [-0.39, 0.29) is 5.91 Å². The minimum atomic E-state index is -0.0630. The molecule has 0 fully saturated rings. The number of aryl methyl sites for hydroxylation is 2. The number of rotatable bonds is 3. The number of H-pyrrole nitrogens is 1. The van der Waals surface area contributed by atoms with Crippen molar-refractivity contribution in [3.8, 4) is 0 Å². The Balaban J connectivity index is 1.74. The van der Waals surface area contributed by atoms with E-state index in [9.17, 15) is 4.79 Å². The maximum atomic E-state index is 12.2. The van der Waals surface area contributed by atoms with Gasteiger partial charge in [0.25, 0.3) is 5.91 Å². The molecule has 0 radical (unpaired) electrons. The highest BCUT2D eigenvalue weighted by Gasteiger charge is 2.09. The van der Waals surface area contributed by atoms with Crippen molar-refractivity contribution in [2.45, 2.75) is 20.4 Å². The summed E-state index contributed by atoms with van der Waals surface area (Å²) in [6.07, 6.45) is 1.87. The second-order valence-corrected chi connectivity index (χ2v) is 5.99. The first kappa shape index (κ1) is 12.9. The van der Waals surface area contributed by atoms with E-state index in [0.29, 0.717) is 12.1 Å². The number of nitrogens with one attached hydrogen (secondary N) is 2. The van der Waals surface area contributed by atoms with Gasteiger partial charge in [-0.2, -0.15) is 0 Å². The summed E-state index contributed by atoms with van der Waals surface area (Å²) in [7, 11) is 0. The molecule has 0 saturated heterocycles. The molecule has 1 amide bonds. The van der Waals surface area contributed by atoms with Crippen LogP contribution >= 0.6 is 11.3 Å². The molecule has 2 N–H and O–H groups in total. The van der Waals surface area contributed by atoms with Crippen molar-refractivity contribution >= 4 is 28.1 Å². The topological polar surface area (TPSA) is 57.8 Å². The average molecular weight is 285 g/mol. The summed E-state index contributed by atoms with van der Waals surface area (Å²) in [6.45, 7) is 4.47. The SMILES string of the molecule is Cc1nc(C)c(CNC(=O)c2ccc3cc[nH]c3c2)s1. The highest BCUT2D eigenvalue weighted by Crippen LogP contribution is 2.17. The van der Waals surface area contributed by atoms with E-state index in [4.69, 9.17) is 0 Å². The first-order valence-electron chi connectivity index (χ1n) is 6.42. The van der Waals surface area contributed by atoms with Gasteiger partial charge in [-0.15, -0.1) is 11.3 Å². The predicted octanol–water partition coefficient (Wildman–Crippen LogP) is 3.17. The van der Waals surface area contributed by atoms with Gasteiger partial charge >= 0.3 is 0 Å². The monoisotopic (exact) mass is 285 g/mol. The van der Waals surface area contributed by atoms with Crippen LogP contribution in [0.3, 0.4) is 0 Å². The number of amides is 1. The Labute approximate surface area is 120 Å². The second kappa shape index (κ2) is 5.09. The van der Waals surface area contributed by atoms with Crippen LogP contribution in [0.4, 0.5) is 0 Å². The van der Waals surface area contributed by atoms with E-state index in [0.717, 1.165) is 26.5 Å². The molecule has 0 aliphatic heterocycles. The minimum absolute atomic E-state index is 0.0630. The van der Waals surface area contributed by atoms with Crippen LogP contribution < -0.4 is 5.32 Å². The van der Waals surface area contributed by atoms with Gasteiger partial charge in [0.05, 0.1) is 17.2 Å². The third kappa shape index (κ3) is 2.44. The summed E-state index contributed by atoms with van der Waals surface area (Å²) in [4.78, 5) is 20.7. The van der Waals surface area contributed by atoms with Crippen molar-refractivity contribution in [3.05, 3.63) is 51.6 Å². The van der Waals surface area contributed by atoms with Gasteiger partial charge in [0.1, 0.15) is 0 Å². The number of hydrogen-bond donors (Lipinski definition) is 2. The molecule has 2 heterocycles. The molecule has 20 heavy (non-hydrogen) atoms. The van der Waals surface area contributed by atoms with E-state index in [1.165, 1.54) is 0 Å². The molecule has 0 spiro atoms. The van der Waals surface area contributed by atoms with E-state index in [1.807, 2.05) is 44.3 Å². The van der Waals surface area contributed by atoms with Gasteiger partial charge in [-0.05, 0) is 37.4 Å². The highest BCUT2D eigenvalue weighted by molar-refractivity contribution is 7.11. The first-order valence-corrected chi connectivity index (χ1v) is 7.23. The Morgan fingerprint density at radius 3 is 2.95 bits per heavy atom. The van der Waals surface area contributed by atoms with Gasteiger partial charge in [0, 0.05) is 22.2 Å². The maximum absolute atomic E-state index is 12.2. The summed E-state index contributed by atoms with van der Waals surface area (Å²) in [5.74, 6) is -0.0630. The lowest BCUT2D eigenvalue weighted by Crippen LogP contribution is -2.22. The standard InChI is InChI=1S/C15H15N3OS/c1-9-14(20-10(2)18-9)8-17-15(19)12-4-3-11-5-6-16-13(11)7-12/h3-7,16H,8H2,1-2H3,(H,17,19). The number of aromatic nitrogens is 2. The largest absolute Gasteiger partial charge is 0.361 e. The zero-order chi connectivity index (χ0) is 14.1. The van der Waals surface area contributed by atoms with Crippen molar-refractivity contribution in [2.75, 3.05) is 0 Å². The third-order valence-corrected chi connectivity index (χ3v) is 4.30. The molecule has 0 bridgehead atoms. The van der Waals surface area contributed by atoms with Crippen molar-refractivity contribution in [3.63, 3.8) is 0 Å². The van der Waals surface area contributed by atoms with Gasteiger partial charge in [-0.25, -0.2) is 4.98 Å². The molecular weight excluding hydrogens is 270 g/mol. The van der Waals surface area contributed by atoms with Crippen LogP contribution in [0.25, 0.3) is 10.9 Å². The molecule has 102 valence electrons. The molecule has 2 aromatic heterocycles. The molecule has 0 aliphatic carbocycles. The van der Waals surface area contributed by atoms with Crippen molar-refractivity contribution < 1.29 is 4.79 Å². The second-order valence-electron chi connectivity index (χ2n) is 4.70. The third-order valence-electron chi connectivity index (χ3n) is 3.23. The zero-order valence-corrected chi connectivity index (χ0v) is 12.2. The van der Waals surface area contributed by atoms with E-state index in [2.05, 4.69) is 15.3 Å². The minimum Gasteiger partial charge on any atom is -0.361 e. The summed E-state index contributed by atoms with van der Waals surface area (Å²) in [5.41, 5.74) is 2.63. The number of thiazole rings is 1. The summed E-state index contributed by atoms with van der Waals surface area (Å²) >= 11 is 1.62. The molecule has 3 aromatic rings.